The molecule has 7 aliphatic heterocycles. The number of thiophene rings is 7. The van der Waals surface area contributed by atoms with E-state index in [4.69, 9.17) is 0 Å². The number of anilines is 1. The fourth-order valence-corrected chi connectivity index (χ4v) is 28.3. The Bertz CT molecular complexity index is 4040. The van der Waals surface area contributed by atoms with Crippen LogP contribution in [0.2, 0.25) is 0 Å². The first-order valence-corrected chi connectivity index (χ1v) is 41.2. The molecule has 14 rings (SSSR count). The third-order valence-corrected chi connectivity index (χ3v) is 36.2. The molecule has 28 heteroatoms. The Hall–Kier alpha value is -3.01. The summed E-state index contributed by atoms with van der Waals surface area (Å²) in [7, 11) is 3.56. The molecule has 0 aromatic carbocycles. The van der Waals surface area contributed by atoms with Crippen LogP contribution >= 0.6 is 79.4 Å². The van der Waals surface area contributed by atoms with Gasteiger partial charge in [0.05, 0.1) is 47.2 Å². The van der Waals surface area contributed by atoms with Crippen molar-refractivity contribution in [2.45, 2.75) is 162 Å². The van der Waals surface area contributed by atoms with E-state index in [1.54, 1.807) is 100 Å². The van der Waals surface area contributed by atoms with Crippen molar-refractivity contribution in [1.82, 2.24) is 26.4 Å². The average Bonchev–Trinajstić information content (AvgIpc) is 1.47. The maximum Gasteiger partial charge on any atom is 0.254 e. The first-order valence-electron chi connectivity index (χ1n) is 28.9. The van der Waals surface area contributed by atoms with Crippen molar-refractivity contribution in [3.63, 3.8) is 0 Å². The summed E-state index contributed by atoms with van der Waals surface area (Å²) in [6.45, 7) is 31.4. The van der Waals surface area contributed by atoms with Crippen LogP contribution < -0.4 is 4.90 Å². The normalized spacial score (nSPS) is 24.4. The van der Waals surface area contributed by atoms with Gasteiger partial charge in [-0.1, -0.05) is 27.7 Å². The lowest BCUT2D eigenvalue weighted by atomic mass is 9.85. The van der Waals surface area contributed by atoms with E-state index in [1.807, 2.05) is 152 Å². The summed E-state index contributed by atoms with van der Waals surface area (Å²) in [5.41, 5.74) is 3.95. The number of hydrogen-bond acceptors (Lipinski definition) is 16. The number of hydrogen-bond donors (Lipinski definition) is 0. The van der Waals surface area contributed by atoms with E-state index in [-0.39, 0.29) is 43.9 Å². The molecule has 3 atom stereocenters. The van der Waals surface area contributed by atoms with E-state index < -0.39 is 57.8 Å². The minimum Gasteiger partial charge on any atom is -0.341 e. The second kappa shape index (κ2) is 26.2. The summed E-state index contributed by atoms with van der Waals surface area (Å²) in [4.78, 5) is 37.5. The summed E-state index contributed by atoms with van der Waals surface area (Å²) < 4.78 is 90.7. The van der Waals surface area contributed by atoms with Gasteiger partial charge in [-0.3, -0.25) is 9.59 Å². The Morgan fingerprint density at radius 2 is 0.956 bits per heavy atom. The van der Waals surface area contributed by atoms with Gasteiger partial charge in [0, 0.05) is 120 Å². The largest absolute Gasteiger partial charge is 0.341 e. The van der Waals surface area contributed by atoms with E-state index in [0.717, 1.165) is 56.0 Å². The van der Waals surface area contributed by atoms with Crippen LogP contribution in [0.1, 0.15) is 153 Å². The first kappa shape index (κ1) is 72.8. The Labute approximate surface area is 569 Å². The number of likely N-dealkylation sites (N-methyl/N-ethyl adjacent to an activating group) is 3. The SMILES string of the molecule is CN1C(=O)C(C)(C)c2sccc21.CN1C(C)(C)c2sccc2S1(=O)=O.CN1CC(C)(C)c2sccc2C1=O.CN1CC(C)(C)c2sccc2S1=O.CN1Cc2ccsc2C(C)(C)S1(=O)=O.CN1Cc2ccsc2C(C)(C)S1=O.CN1S(=O)c2ccsc2C1(C)C. The lowest BCUT2D eigenvalue weighted by Gasteiger charge is -2.35. The molecule has 7 aromatic rings. The highest BCUT2D eigenvalue weighted by atomic mass is 32.2. The van der Waals surface area contributed by atoms with E-state index in [1.165, 1.54) is 61.2 Å². The molecule has 16 nitrogen and oxygen atoms in total. The van der Waals surface area contributed by atoms with Crippen molar-refractivity contribution in [1.29, 1.82) is 0 Å². The standard InChI is InChI=1S/C10H13NOS.C9H13NO2S2.2C9H13NOS2.C9H11NOS.C8H11NO2S2.C8H11NOS2/c1-10(2)6-11(3)9(12)7-4-5-13-8(7)10;1-9(2)8-7(4-5-13-8)6-10(3)14(9,11)12;1-9(2)6-10(3)13(11)7-4-5-12-8(7)9;1-9(2)8-7(4-5-12-8)6-10(3)13(9)11;1-9(2)7-6(4-5-12-7)10(3)8(9)11;1-8(2)7-6(4-5-12-7)13(10,11)9(8)3;1-8(2)7-6(4-5-11-7)12(10)9(8)3/h4-5H,6H2,1-3H3;4-5H,6H2,1-3H3;2*4-5H,6H2,1-3H3;4-5H,1-3H3;4-5H,1-3H3;4-5H,1-3H3. The Kier molecular flexibility index (Phi) is 21.2. The molecule has 0 saturated carbocycles. The van der Waals surface area contributed by atoms with E-state index in [9.17, 15) is 39.1 Å². The quantitative estimate of drug-likeness (QED) is 0.143. The van der Waals surface area contributed by atoms with Crippen LogP contribution in [0.5, 0.6) is 0 Å². The van der Waals surface area contributed by atoms with E-state index >= 15 is 0 Å². The van der Waals surface area contributed by atoms with Crippen LogP contribution in [0.25, 0.3) is 0 Å². The zero-order chi connectivity index (χ0) is 67.2. The molecule has 0 bridgehead atoms. The van der Waals surface area contributed by atoms with Gasteiger partial charge < -0.3 is 9.80 Å². The number of carbonyl (C=O) groups is 2. The highest BCUT2D eigenvalue weighted by molar-refractivity contribution is 7.90. The third kappa shape index (κ3) is 13.1. The van der Waals surface area contributed by atoms with Gasteiger partial charge in [0.15, 0.2) is 0 Å². The lowest BCUT2D eigenvalue weighted by Crippen LogP contribution is -2.44. The molecule has 0 radical (unpaired) electrons. The first-order chi connectivity index (χ1) is 41.4. The fourth-order valence-electron chi connectivity index (χ4n) is 11.9. The number of amides is 2. The highest BCUT2D eigenvalue weighted by Crippen LogP contribution is 2.48. The molecule has 0 aliphatic carbocycles. The van der Waals surface area contributed by atoms with Crippen molar-refractivity contribution in [3.8, 4) is 0 Å². The molecule has 7 aromatic heterocycles. The van der Waals surface area contributed by atoms with Gasteiger partial charge in [-0.15, -0.1) is 79.4 Å². The molecule has 3 unspecified atom stereocenters. The molecule has 494 valence electrons. The zero-order valence-corrected chi connectivity index (χ0v) is 64.9. The lowest BCUT2D eigenvalue weighted by molar-refractivity contribution is -0.121. The van der Waals surface area contributed by atoms with Gasteiger partial charge in [-0.25, -0.2) is 42.4 Å². The second-order valence-corrected chi connectivity index (χ2v) is 42.9. The molecule has 0 saturated heterocycles. The van der Waals surface area contributed by atoms with Gasteiger partial charge >= 0.3 is 0 Å². The predicted molar refractivity (Wildman–Crippen MR) is 380 cm³/mol. The number of fused-ring (bicyclic) bond motifs is 7. The van der Waals surface area contributed by atoms with Crippen LogP contribution in [-0.4, -0.2) is 130 Å². The van der Waals surface area contributed by atoms with Crippen molar-refractivity contribution >= 4 is 150 Å². The van der Waals surface area contributed by atoms with E-state index in [2.05, 4.69) is 53.0 Å². The maximum atomic E-state index is 12.0. The minimum absolute atomic E-state index is 0.0611. The topological polar surface area (TPSA) is 176 Å². The Balaban J connectivity index is 0.000000136. The van der Waals surface area contributed by atoms with Gasteiger partial charge in [0.25, 0.3) is 5.91 Å². The van der Waals surface area contributed by atoms with E-state index in [0.29, 0.717) is 11.4 Å². The smallest absolute Gasteiger partial charge is 0.254 e. The molecule has 0 spiro atoms. The maximum absolute atomic E-state index is 12.0. The summed E-state index contributed by atoms with van der Waals surface area (Å²) in [5, 5.41) is 14.0. The summed E-state index contributed by atoms with van der Waals surface area (Å²) in [5.74, 6) is 0.361. The average molecular weight is 1460 g/mol. The molecule has 0 N–H and O–H groups in total. The summed E-state index contributed by atoms with van der Waals surface area (Å²) >= 11 is 11.5. The van der Waals surface area contributed by atoms with Gasteiger partial charge in [-0.05, 0) is 160 Å². The molecular weight excluding hydrogens is 1370 g/mol. The van der Waals surface area contributed by atoms with Crippen molar-refractivity contribution in [2.24, 2.45) is 0 Å². The van der Waals surface area contributed by atoms with Crippen molar-refractivity contribution < 1.29 is 39.1 Å². The number of carbonyl (C=O) groups excluding carboxylic acids is 2. The third-order valence-electron chi connectivity index (χ3n) is 17.4. The Morgan fingerprint density at radius 1 is 0.478 bits per heavy atom. The number of rotatable bonds is 0. The summed E-state index contributed by atoms with van der Waals surface area (Å²) in [6, 6.07) is 13.7. The number of nitrogens with zero attached hydrogens (tertiary/aromatic N) is 7. The zero-order valence-electron chi connectivity index (χ0n) is 55.1. The fraction of sp³-hybridized carbons (Fsp3) is 0.516. The molecule has 14 heterocycles. The number of sulfonamides is 2. The Morgan fingerprint density at radius 3 is 1.54 bits per heavy atom. The van der Waals surface area contributed by atoms with Crippen LogP contribution in [0.3, 0.4) is 0 Å². The highest BCUT2D eigenvalue weighted by Gasteiger charge is 2.49. The molecular formula is C62H85N7O9S12. The van der Waals surface area contributed by atoms with Crippen LogP contribution in [0.4, 0.5) is 5.69 Å². The van der Waals surface area contributed by atoms with Crippen LogP contribution in [-0.2, 0) is 108 Å². The molecule has 0 fully saturated rings. The van der Waals surface area contributed by atoms with Crippen molar-refractivity contribution in [3.05, 3.63) is 131 Å². The second-order valence-electron chi connectivity index (χ2n) is 26.8. The van der Waals surface area contributed by atoms with Crippen LogP contribution in [0, 0.1) is 0 Å². The molecule has 7 aliphatic rings. The monoisotopic (exact) mass is 1460 g/mol. The molecule has 2 amide bonds. The van der Waals surface area contributed by atoms with Gasteiger partial charge in [-0.2, -0.15) is 8.61 Å². The van der Waals surface area contributed by atoms with Crippen LogP contribution in [0.15, 0.2) is 94.8 Å². The summed E-state index contributed by atoms with van der Waals surface area (Å²) in [6.07, 6.45) is 0. The van der Waals surface area contributed by atoms with Gasteiger partial charge in [0.2, 0.25) is 26.0 Å². The van der Waals surface area contributed by atoms with Gasteiger partial charge in [0.1, 0.15) is 37.7 Å². The van der Waals surface area contributed by atoms with Crippen molar-refractivity contribution in [2.75, 3.05) is 67.3 Å². The predicted octanol–water partition coefficient (Wildman–Crippen LogP) is 13.5. The molecule has 90 heavy (non-hydrogen) atoms. The minimum atomic E-state index is -3.20.